The van der Waals surface area contributed by atoms with Gasteiger partial charge < -0.3 is 14.2 Å². The number of aromatic nitrogens is 1. The van der Waals surface area contributed by atoms with Gasteiger partial charge in [0.25, 0.3) is 0 Å². The Morgan fingerprint density at radius 2 is 1.84 bits per heavy atom. The fourth-order valence-electron chi connectivity index (χ4n) is 4.10. The molecular weight excluding hydrogens is 386 g/mol. The zero-order valence-electron chi connectivity index (χ0n) is 17.8. The molecule has 1 aromatic heterocycles. The summed E-state index contributed by atoms with van der Waals surface area (Å²) in [6.07, 6.45) is 10.7. The molecule has 1 atom stereocenters. The molecule has 1 aliphatic rings. The maximum atomic E-state index is 6.10. The highest BCUT2D eigenvalue weighted by atomic mass is 16.7. The molecule has 0 saturated carbocycles. The fourth-order valence-corrected chi connectivity index (χ4v) is 4.10. The van der Waals surface area contributed by atoms with Crippen LogP contribution in [0.4, 0.5) is 0 Å². The lowest BCUT2D eigenvalue weighted by atomic mass is 9.73. The van der Waals surface area contributed by atoms with Crippen LogP contribution in [-0.2, 0) is 11.8 Å². The highest BCUT2D eigenvalue weighted by Crippen LogP contribution is 2.40. The standard InChI is InChI=1S/C27H27NO3/c1-3-17-27(4-2,21-15-16-24-25(19-21)30-20-29-24)18-9-11-22-10-8-14-26(28-22)31-23-12-6-5-7-13-23/h2,5-8,10,12-16,19H,3,9,11,17-18,20H2,1H3. The molecule has 2 heterocycles. The Labute approximate surface area is 184 Å². The summed E-state index contributed by atoms with van der Waals surface area (Å²) in [5.41, 5.74) is 1.80. The van der Waals surface area contributed by atoms with Crippen LogP contribution in [0.5, 0.6) is 23.1 Å². The molecule has 31 heavy (non-hydrogen) atoms. The summed E-state index contributed by atoms with van der Waals surface area (Å²) in [6.45, 7) is 2.44. The van der Waals surface area contributed by atoms with E-state index in [4.69, 9.17) is 20.6 Å². The van der Waals surface area contributed by atoms with Gasteiger partial charge in [-0.15, -0.1) is 6.42 Å². The molecule has 158 valence electrons. The van der Waals surface area contributed by atoms with E-state index < -0.39 is 0 Å². The van der Waals surface area contributed by atoms with Crippen molar-refractivity contribution in [1.82, 2.24) is 4.98 Å². The molecular formula is C27H27NO3. The van der Waals surface area contributed by atoms with Crippen molar-refractivity contribution in [2.24, 2.45) is 0 Å². The van der Waals surface area contributed by atoms with Gasteiger partial charge in [-0.25, -0.2) is 4.98 Å². The van der Waals surface area contributed by atoms with Gasteiger partial charge in [0.15, 0.2) is 11.5 Å². The van der Waals surface area contributed by atoms with Crippen molar-refractivity contribution in [3.8, 4) is 35.5 Å². The molecule has 0 spiro atoms. The van der Waals surface area contributed by atoms with Crippen LogP contribution < -0.4 is 14.2 Å². The number of hydrogen-bond acceptors (Lipinski definition) is 4. The molecule has 1 unspecified atom stereocenters. The van der Waals surface area contributed by atoms with E-state index >= 15 is 0 Å². The fraction of sp³-hybridized carbons (Fsp3) is 0.296. The number of para-hydroxylation sites is 1. The first-order valence-electron chi connectivity index (χ1n) is 10.8. The van der Waals surface area contributed by atoms with Crippen molar-refractivity contribution in [3.63, 3.8) is 0 Å². The second-order valence-electron chi connectivity index (χ2n) is 7.78. The van der Waals surface area contributed by atoms with E-state index in [1.54, 1.807) is 0 Å². The maximum absolute atomic E-state index is 6.10. The summed E-state index contributed by atoms with van der Waals surface area (Å²) in [6, 6.07) is 21.7. The molecule has 0 amide bonds. The van der Waals surface area contributed by atoms with E-state index in [9.17, 15) is 0 Å². The Morgan fingerprint density at radius 3 is 2.65 bits per heavy atom. The minimum absolute atomic E-state index is 0.267. The lowest BCUT2D eigenvalue weighted by molar-refractivity contribution is 0.174. The first-order chi connectivity index (χ1) is 15.2. The second kappa shape index (κ2) is 9.57. The summed E-state index contributed by atoms with van der Waals surface area (Å²) in [5.74, 6) is 6.06. The van der Waals surface area contributed by atoms with Crippen LogP contribution in [0.3, 0.4) is 0 Å². The topological polar surface area (TPSA) is 40.6 Å². The number of fused-ring (bicyclic) bond motifs is 1. The number of aryl methyl sites for hydroxylation is 1. The van der Waals surface area contributed by atoms with E-state index in [0.717, 1.165) is 60.6 Å². The van der Waals surface area contributed by atoms with Gasteiger partial charge in [0, 0.05) is 11.8 Å². The Balaban J connectivity index is 1.45. The smallest absolute Gasteiger partial charge is 0.231 e. The van der Waals surface area contributed by atoms with E-state index in [-0.39, 0.29) is 12.2 Å². The first kappa shape index (κ1) is 20.8. The van der Waals surface area contributed by atoms with E-state index in [1.807, 2.05) is 60.7 Å². The minimum atomic E-state index is -0.326. The molecule has 4 rings (SSSR count). The quantitative estimate of drug-likeness (QED) is 0.386. The zero-order chi connectivity index (χ0) is 21.5. The summed E-state index contributed by atoms with van der Waals surface area (Å²) in [7, 11) is 0. The van der Waals surface area contributed by atoms with Crippen LogP contribution in [0, 0.1) is 12.3 Å². The third-order valence-corrected chi connectivity index (χ3v) is 5.66. The van der Waals surface area contributed by atoms with Crippen LogP contribution in [-0.4, -0.2) is 11.8 Å². The molecule has 1 aliphatic heterocycles. The first-order valence-corrected chi connectivity index (χ1v) is 10.8. The van der Waals surface area contributed by atoms with Crippen molar-refractivity contribution in [2.45, 2.75) is 44.4 Å². The number of rotatable bonds is 9. The average molecular weight is 414 g/mol. The highest BCUT2D eigenvalue weighted by Gasteiger charge is 2.30. The molecule has 0 fully saturated rings. The molecule has 4 nitrogen and oxygen atoms in total. The summed E-state index contributed by atoms with van der Waals surface area (Å²) >= 11 is 0. The Kier molecular flexibility index (Phi) is 6.43. The van der Waals surface area contributed by atoms with Crippen molar-refractivity contribution in [1.29, 1.82) is 0 Å². The molecule has 4 heteroatoms. The van der Waals surface area contributed by atoms with Crippen molar-refractivity contribution < 1.29 is 14.2 Å². The van der Waals surface area contributed by atoms with E-state index in [0.29, 0.717) is 5.88 Å². The minimum Gasteiger partial charge on any atom is -0.454 e. The summed E-state index contributed by atoms with van der Waals surface area (Å²) in [4.78, 5) is 4.67. The molecule has 3 aromatic rings. The monoisotopic (exact) mass is 413 g/mol. The largest absolute Gasteiger partial charge is 0.454 e. The number of benzene rings is 2. The number of terminal acetylenes is 1. The van der Waals surface area contributed by atoms with Crippen molar-refractivity contribution in [3.05, 3.63) is 78.0 Å². The van der Waals surface area contributed by atoms with Crippen LogP contribution in [0.2, 0.25) is 0 Å². The normalized spacial score (nSPS) is 13.9. The highest BCUT2D eigenvalue weighted by molar-refractivity contribution is 5.48. The van der Waals surface area contributed by atoms with Crippen molar-refractivity contribution >= 4 is 0 Å². The molecule has 0 bridgehead atoms. The lowest BCUT2D eigenvalue weighted by Crippen LogP contribution is -2.24. The van der Waals surface area contributed by atoms with Gasteiger partial charge >= 0.3 is 0 Å². The molecule has 0 aliphatic carbocycles. The number of ether oxygens (including phenoxy) is 3. The van der Waals surface area contributed by atoms with Crippen LogP contribution in [0.15, 0.2) is 66.7 Å². The maximum Gasteiger partial charge on any atom is 0.231 e. The van der Waals surface area contributed by atoms with Gasteiger partial charge in [-0.1, -0.05) is 49.6 Å². The Morgan fingerprint density at radius 1 is 1.00 bits per heavy atom. The Hall–Kier alpha value is -3.45. The number of pyridine rings is 1. The van der Waals surface area contributed by atoms with Crippen molar-refractivity contribution in [2.75, 3.05) is 6.79 Å². The lowest BCUT2D eigenvalue weighted by Gasteiger charge is -2.29. The van der Waals surface area contributed by atoms with Gasteiger partial charge in [-0.3, -0.25) is 0 Å². The van der Waals surface area contributed by atoms with Gasteiger partial charge in [0.1, 0.15) is 5.75 Å². The number of nitrogens with zero attached hydrogens (tertiary/aromatic N) is 1. The van der Waals surface area contributed by atoms with Crippen LogP contribution >= 0.6 is 0 Å². The molecule has 0 N–H and O–H groups in total. The third-order valence-electron chi connectivity index (χ3n) is 5.66. The summed E-state index contributed by atoms with van der Waals surface area (Å²) in [5, 5.41) is 0. The van der Waals surface area contributed by atoms with Crippen LogP contribution in [0.25, 0.3) is 0 Å². The van der Waals surface area contributed by atoms with E-state index in [1.165, 1.54) is 0 Å². The Bertz CT molecular complexity index is 1060. The third kappa shape index (κ3) is 4.83. The van der Waals surface area contributed by atoms with Gasteiger partial charge in [-0.05, 0) is 61.6 Å². The van der Waals surface area contributed by atoms with Gasteiger partial charge in [0.2, 0.25) is 12.7 Å². The molecule has 2 aromatic carbocycles. The van der Waals surface area contributed by atoms with E-state index in [2.05, 4.69) is 23.9 Å². The molecule has 0 saturated heterocycles. The van der Waals surface area contributed by atoms with Crippen LogP contribution in [0.1, 0.15) is 43.9 Å². The second-order valence-corrected chi connectivity index (χ2v) is 7.78. The predicted molar refractivity (Wildman–Crippen MR) is 122 cm³/mol. The predicted octanol–water partition coefficient (Wildman–Crippen LogP) is 6.30. The zero-order valence-corrected chi connectivity index (χ0v) is 17.8. The molecule has 0 radical (unpaired) electrons. The summed E-state index contributed by atoms with van der Waals surface area (Å²) < 4.78 is 16.9. The number of hydrogen-bond donors (Lipinski definition) is 0. The average Bonchev–Trinajstić information content (AvgIpc) is 3.27. The van der Waals surface area contributed by atoms with Gasteiger partial charge in [0.05, 0.1) is 5.41 Å². The van der Waals surface area contributed by atoms with Gasteiger partial charge in [-0.2, -0.15) is 0 Å². The SMILES string of the molecule is C#CC(CCC)(CCCc1cccc(Oc2ccccc2)n1)c1ccc2c(c1)OCO2.